The number of rotatable bonds is 2. The van der Waals surface area contributed by atoms with Crippen LogP contribution in [0.2, 0.25) is 11.6 Å². The van der Waals surface area contributed by atoms with Gasteiger partial charge in [-0.1, -0.05) is 20.8 Å². The molecular weight excluding hydrogens is 107 g/mol. The smallest absolute Gasteiger partial charge is 0.273 e. The summed E-state index contributed by atoms with van der Waals surface area (Å²) < 4.78 is 12.4. The van der Waals surface area contributed by atoms with Gasteiger partial charge in [-0.05, 0) is 11.6 Å². The Kier molecular flexibility index (Phi) is 3.25. The maximum absolute atomic E-state index is 12.4. The fourth-order valence-electron chi connectivity index (χ4n) is 0.408. The third-order valence-electron chi connectivity index (χ3n) is 0.964. The molecule has 0 atom stereocenters. The van der Waals surface area contributed by atoms with Gasteiger partial charge in [0.1, 0.15) is 0 Å². The van der Waals surface area contributed by atoms with Gasteiger partial charge in [-0.25, -0.2) is 0 Å². The Hall–Kier alpha value is 0.147. The maximum Gasteiger partial charge on any atom is 0.273 e. The zero-order valence-corrected chi connectivity index (χ0v) is 6.16. The van der Waals surface area contributed by atoms with Crippen LogP contribution in [-0.2, 0) is 0 Å². The Bertz CT molecular complexity index is 45.3. The zero-order valence-electron chi connectivity index (χ0n) is 5.16. The second-order valence-corrected chi connectivity index (χ2v) is 4.71. The monoisotopic (exact) mass is 119 g/mol. The highest BCUT2D eigenvalue weighted by Gasteiger charge is 2.11. The van der Waals surface area contributed by atoms with Crippen molar-refractivity contribution in [1.29, 1.82) is 0 Å². The lowest BCUT2D eigenvalue weighted by Crippen LogP contribution is -2.06. The van der Waals surface area contributed by atoms with E-state index in [1.165, 1.54) is 0 Å². The van der Waals surface area contributed by atoms with E-state index in [0.29, 0.717) is 5.54 Å². The summed E-state index contributed by atoms with van der Waals surface area (Å²) in [6.45, 7) is 5.80. The molecule has 0 aliphatic carbocycles. The van der Waals surface area contributed by atoms with Crippen LogP contribution >= 0.6 is 0 Å². The third-order valence-corrected chi connectivity index (χ3v) is 2.89. The van der Waals surface area contributed by atoms with Crippen LogP contribution in [0.25, 0.3) is 0 Å². The topological polar surface area (TPSA) is 0 Å². The van der Waals surface area contributed by atoms with E-state index >= 15 is 0 Å². The lowest BCUT2D eigenvalue weighted by molar-refractivity contribution is 0.769. The predicted molar refractivity (Wildman–Crippen MR) is 32.4 cm³/mol. The van der Waals surface area contributed by atoms with Crippen molar-refractivity contribution >= 4 is 9.13 Å². The Labute approximate surface area is 46.5 Å². The molecule has 0 nitrogen and oxygen atoms in total. The van der Waals surface area contributed by atoms with Crippen LogP contribution in [0.3, 0.4) is 0 Å². The Morgan fingerprint density at radius 1 is 1.57 bits per heavy atom. The van der Waals surface area contributed by atoms with Gasteiger partial charge in [0.15, 0.2) is 0 Å². The van der Waals surface area contributed by atoms with E-state index in [4.69, 9.17) is 0 Å². The summed E-state index contributed by atoms with van der Waals surface area (Å²) in [5, 5.41) is 0. The van der Waals surface area contributed by atoms with Gasteiger partial charge in [0.2, 0.25) is 0 Å². The predicted octanol–water partition coefficient (Wildman–Crippen LogP) is 2.38. The highest BCUT2D eigenvalue weighted by molar-refractivity contribution is 6.52. The fourth-order valence-corrected chi connectivity index (χ4v) is 1.22. The molecule has 0 unspecified atom stereocenters. The molecule has 2 heteroatoms. The van der Waals surface area contributed by atoms with Gasteiger partial charge in [0.05, 0.1) is 0 Å². The maximum atomic E-state index is 12.4. The highest BCUT2D eigenvalue weighted by Crippen LogP contribution is 2.10. The lowest BCUT2D eigenvalue weighted by atomic mass is 10.6. The summed E-state index contributed by atoms with van der Waals surface area (Å²) in [5.74, 6) is 0. The molecule has 0 aromatic carbocycles. The molecule has 0 aliphatic heterocycles. The van der Waals surface area contributed by atoms with Gasteiger partial charge < -0.3 is 4.11 Å². The summed E-state index contributed by atoms with van der Waals surface area (Å²) >= 11 is 0. The minimum atomic E-state index is -1.45. The Morgan fingerprint density at radius 3 is 2.00 bits per heavy atom. The Balaban J connectivity index is 3.14. The van der Waals surface area contributed by atoms with Crippen molar-refractivity contribution in [2.75, 3.05) is 0 Å². The van der Waals surface area contributed by atoms with E-state index in [1.54, 1.807) is 0 Å². The molecule has 0 aromatic heterocycles. The molecule has 0 spiro atoms. The molecule has 0 aromatic rings. The second kappa shape index (κ2) is 3.19. The van der Waals surface area contributed by atoms with Gasteiger partial charge in [0, 0.05) is 0 Å². The van der Waals surface area contributed by atoms with Gasteiger partial charge in [0.25, 0.3) is 9.13 Å². The molecule has 0 amide bonds. The first-order valence-electron chi connectivity index (χ1n) is 2.69. The minimum Gasteiger partial charge on any atom is -0.314 e. The van der Waals surface area contributed by atoms with Crippen LogP contribution in [0.5, 0.6) is 0 Å². The van der Waals surface area contributed by atoms with E-state index in [1.807, 2.05) is 20.8 Å². The molecule has 43 valence electrons. The number of hydrogen-bond acceptors (Lipinski definition) is 0. The summed E-state index contributed by atoms with van der Waals surface area (Å²) in [6.07, 6.45) is 0. The summed E-state index contributed by atoms with van der Waals surface area (Å²) in [7, 11) is -1.45. The SMILES string of the molecule is CC[Si](F)C(C)C. The van der Waals surface area contributed by atoms with Crippen molar-refractivity contribution in [3.63, 3.8) is 0 Å². The molecule has 0 aliphatic rings. The quantitative estimate of drug-likeness (QED) is 0.387. The number of halogens is 1. The van der Waals surface area contributed by atoms with Gasteiger partial charge in [-0.3, -0.25) is 0 Å². The molecular formula is C5H12FSi. The third kappa shape index (κ3) is 2.80. The summed E-state index contributed by atoms with van der Waals surface area (Å²) in [5.41, 5.74) is 0.301. The first-order valence-corrected chi connectivity index (χ1v) is 4.36. The fraction of sp³-hybridized carbons (Fsp3) is 1.00. The van der Waals surface area contributed by atoms with Crippen LogP contribution in [0.4, 0.5) is 4.11 Å². The van der Waals surface area contributed by atoms with Crippen LogP contribution in [-0.4, -0.2) is 9.13 Å². The number of hydrogen-bond donors (Lipinski definition) is 0. The molecule has 0 saturated heterocycles. The molecule has 0 N–H and O–H groups in total. The highest BCUT2D eigenvalue weighted by atomic mass is 28.3. The van der Waals surface area contributed by atoms with Crippen LogP contribution in [0, 0.1) is 0 Å². The molecule has 0 rings (SSSR count). The van der Waals surface area contributed by atoms with Crippen LogP contribution < -0.4 is 0 Å². The van der Waals surface area contributed by atoms with Crippen molar-refractivity contribution in [3.05, 3.63) is 0 Å². The largest absolute Gasteiger partial charge is 0.314 e. The standard InChI is InChI=1S/C5H12FSi/c1-4-7(6)5(2)3/h5H,4H2,1-3H3. The van der Waals surface area contributed by atoms with Crippen molar-refractivity contribution in [2.45, 2.75) is 32.4 Å². The lowest BCUT2D eigenvalue weighted by Gasteiger charge is -2.02. The van der Waals surface area contributed by atoms with Crippen molar-refractivity contribution in [2.24, 2.45) is 0 Å². The Morgan fingerprint density at radius 2 is 2.00 bits per heavy atom. The average molecular weight is 119 g/mol. The van der Waals surface area contributed by atoms with E-state index < -0.39 is 9.13 Å². The van der Waals surface area contributed by atoms with E-state index in [2.05, 4.69) is 0 Å². The second-order valence-electron chi connectivity index (χ2n) is 1.96. The van der Waals surface area contributed by atoms with E-state index in [9.17, 15) is 4.11 Å². The minimum absolute atomic E-state index is 0.301. The molecule has 0 bridgehead atoms. The van der Waals surface area contributed by atoms with Crippen molar-refractivity contribution in [3.8, 4) is 0 Å². The molecule has 0 saturated carbocycles. The van der Waals surface area contributed by atoms with E-state index in [0.717, 1.165) is 6.04 Å². The van der Waals surface area contributed by atoms with Crippen LogP contribution in [0.1, 0.15) is 20.8 Å². The summed E-state index contributed by atoms with van der Waals surface area (Å²) in [6, 6.07) is 0.752. The normalized spacial score (nSPS) is 11.1. The average Bonchev–Trinajstić information content (AvgIpc) is 1.65. The van der Waals surface area contributed by atoms with Crippen molar-refractivity contribution in [1.82, 2.24) is 0 Å². The van der Waals surface area contributed by atoms with E-state index in [-0.39, 0.29) is 0 Å². The molecule has 1 radical (unpaired) electrons. The van der Waals surface area contributed by atoms with Crippen molar-refractivity contribution < 1.29 is 4.11 Å². The van der Waals surface area contributed by atoms with Gasteiger partial charge >= 0.3 is 0 Å². The molecule has 0 heterocycles. The van der Waals surface area contributed by atoms with Crippen LogP contribution in [0.15, 0.2) is 0 Å². The first kappa shape index (κ1) is 7.15. The molecule has 0 fully saturated rings. The summed E-state index contributed by atoms with van der Waals surface area (Å²) in [4.78, 5) is 0. The molecule has 7 heavy (non-hydrogen) atoms. The zero-order chi connectivity index (χ0) is 5.86. The first-order chi connectivity index (χ1) is 3.18. The van der Waals surface area contributed by atoms with Gasteiger partial charge in [-0.15, -0.1) is 0 Å². The van der Waals surface area contributed by atoms with Gasteiger partial charge in [-0.2, -0.15) is 0 Å².